The topological polar surface area (TPSA) is 73.9 Å². The minimum Gasteiger partial charge on any atom is -0.356 e. The molecule has 7 nitrogen and oxygen atoms in total. The van der Waals surface area contributed by atoms with Gasteiger partial charge in [0, 0.05) is 32.3 Å². The van der Waals surface area contributed by atoms with Crippen molar-refractivity contribution < 1.29 is 0 Å². The number of hydrogen-bond donors (Lipinski definition) is 0. The van der Waals surface area contributed by atoms with E-state index >= 15 is 0 Å². The Morgan fingerprint density at radius 1 is 1.15 bits per heavy atom. The maximum absolute atomic E-state index is 9.14. The second-order valence-electron chi connectivity index (χ2n) is 7.67. The first-order valence-electron chi connectivity index (χ1n) is 9.96. The van der Waals surface area contributed by atoms with Crippen LogP contribution < -0.4 is 4.90 Å². The zero-order valence-electron chi connectivity index (χ0n) is 16.0. The molecule has 2 fully saturated rings. The highest BCUT2D eigenvalue weighted by Crippen LogP contribution is 2.28. The molecule has 0 N–H and O–H groups in total. The molecule has 2 aromatic heterocycles. The minimum atomic E-state index is 0.346. The number of anilines is 1. The van der Waals surface area contributed by atoms with E-state index in [0.717, 1.165) is 49.9 Å². The van der Waals surface area contributed by atoms with Gasteiger partial charge in [-0.1, -0.05) is 6.42 Å². The van der Waals surface area contributed by atoms with Gasteiger partial charge in [0.1, 0.15) is 17.5 Å². The third-order valence-corrected chi connectivity index (χ3v) is 5.80. The van der Waals surface area contributed by atoms with Crippen LogP contribution in [-0.2, 0) is 13.6 Å². The quantitative estimate of drug-likeness (QED) is 0.829. The number of nitriles is 1. The van der Waals surface area contributed by atoms with E-state index in [1.165, 1.54) is 32.4 Å². The van der Waals surface area contributed by atoms with E-state index < -0.39 is 0 Å². The van der Waals surface area contributed by atoms with E-state index in [1.54, 1.807) is 12.3 Å². The van der Waals surface area contributed by atoms with E-state index in [4.69, 9.17) is 5.26 Å². The monoisotopic (exact) mass is 365 g/mol. The fourth-order valence-corrected chi connectivity index (χ4v) is 4.24. The molecule has 0 spiro atoms. The molecule has 0 bridgehead atoms. The molecule has 1 atom stereocenters. The number of nitrogens with zero attached hydrogens (tertiary/aromatic N) is 7. The predicted molar refractivity (Wildman–Crippen MR) is 103 cm³/mol. The Balaban J connectivity index is 1.47. The van der Waals surface area contributed by atoms with Gasteiger partial charge in [0.25, 0.3) is 0 Å². The summed E-state index contributed by atoms with van der Waals surface area (Å²) in [6.07, 6.45) is 7.85. The molecule has 0 amide bonds. The smallest absolute Gasteiger partial charge is 0.146 e. The van der Waals surface area contributed by atoms with Crippen LogP contribution in [0.3, 0.4) is 0 Å². The zero-order valence-corrected chi connectivity index (χ0v) is 16.0. The summed E-state index contributed by atoms with van der Waals surface area (Å²) in [6, 6.07) is 5.83. The molecule has 2 aliphatic rings. The van der Waals surface area contributed by atoms with Gasteiger partial charge in [-0.15, -0.1) is 10.2 Å². The van der Waals surface area contributed by atoms with E-state index in [2.05, 4.69) is 42.7 Å². The van der Waals surface area contributed by atoms with Crippen LogP contribution >= 0.6 is 0 Å². The molecular formula is C20H27N7. The summed E-state index contributed by atoms with van der Waals surface area (Å²) in [5.41, 5.74) is 0.657. The van der Waals surface area contributed by atoms with Gasteiger partial charge in [0.15, 0.2) is 0 Å². The number of likely N-dealkylation sites (tertiary alicyclic amines) is 1. The second kappa shape index (κ2) is 8.05. The first kappa shape index (κ1) is 17.9. The Labute approximate surface area is 160 Å². The van der Waals surface area contributed by atoms with Crippen molar-refractivity contribution in [2.24, 2.45) is 7.05 Å². The second-order valence-corrected chi connectivity index (χ2v) is 7.67. The van der Waals surface area contributed by atoms with Crippen LogP contribution in [0.4, 0.5) is 5.82 Å². The number of rotatable bonds is 4. The van der Waals surface area contributed by atoms with Crippen molar-refractivity contribution in [3.05, 3.63) is 35.5 Å². The summed E-state index contributed by atoms with van der Waals surface area (Å²) in [4.78, 5) is 9.23. The fraction of sp³-hybridized carbons (Fsp3) is 0.600. The van der Waals surface area contributed by atoms with Crippen LogP contribution in [0.2, 0.25) is 0 Å². The summed E-state index contributed by atoms with van der Waals surface area (Å²) in [7, 11) is 2.10. The highest BCUT2D eigenvalue weighted by Gasteiger charge is 2.27. The van der Waals surface area contributed by atoms with Gasteiger partial charge in [-0.2, -0.15) is 5.26 Å². The maximum Gasteiger partial charge on any atom is 0.146 e. The van der Waals surface area contributed by atoms with Crippen molar-refractivity contribution in [3.63, 3.8) is 0 Å². The molecule has 4 rings (SSSR count). The molecule has 0 unspecified atom stereocenters. The van der Waals surface area contributed by atoms with Gasteiger partial charge < -0.3 is 9.47 Å². The number of aromatic nitrogens is 4. The Bertz CT molecular complexity index is 816. The molecule has 2 aliphatic heterocycles. The van der Waals surface area contributed by atoms with E-state index in [-0.39, 0.29) is 0 Å². The Morgan fingerprint density at radius 2 is 2.00 bits per heavy atom. The van der Waals surface area contributed by atoms with Gasteiger partial charge in [0.05, 0.1) is 18.2 Å². The molecule has 2 saturated heterocycles. The highest BCUT2D eigenvalue weighted by atomic mass is 15.3. The van der Waals surface area contributed by atoms with Crippen molar-refractivity contribution in [2.45, 2.75) is 44.6 Å². The van der Waals surface area contributed by atoms with E-state index in [9.17, 15) is 0 Å². The third-order valence-electron chi connectivity index (χ3n) is 5.80. The minimum absolute atomic E-state index is 0.346. The lowest BCUT2D eigenvalue weighted by atomic mass is 9.97. The van der Waals surface area contributed by atoms with Crippen LogP contribution in [0.25, 0.3) is 0 Å². The van der Waals surface area contributed by atoms with Gasteiger partial charge in [-0.25, -0.2) is 4.98 Å². The predicted octanol–water partition coefficient (Wildman–Crippen LogP) is 2.45. The van der Waals surface area contributed by atoms with Gasteiger partial charge >= 0.3 is 0 Å². The van der Waals surface area contributed by atoms with Crippen molar-refractivity contribution in [3.8, 4) is 6.07 Å². The van der Waals surface area contributed by atoms with Crippen molar-refractivity contribution in [2.75, 3.05) is 31.1 Å². The molecule has 142 valence electrons. The van der Waals surface area contributed by atoms with Crippen LogP contribution in [0, 0.1) is 11.3 Å². The van der Waals surface area contributed by atoms with Crippen LogP contribution in [-0.4, -0.2) is 50.8 Å². The highest BCUT2D eigenvalue weighted by molar-refractivity contribution is 5.45. The first-order valence-corrected chi connectivity index (χ1v) is 9.96. The summed E-state index contributed by atoms with van der Waals surface area (Å²) in [6.45, 7) is 5.07. The average Bonchev–Trinajstić information content (AvgIpc) is 3.09. The Kier molecular flexibility index (Phi) is 5.35. The standard InChI is InChI=1S/C20H27N7/c1-25-19(15-26-9-3-2-4-10-26)23-24-20(25)17-6-5-11-27(14-17)18-12-16(13-21)7-8-22-18/h7-8,12,17H,2-6,9-11,14-15H2,1H3/t17-/m1/s1. The van der Waals surface area contributed by atoms with Gasteiger partial charge in [0.2, 0.25) is 0 Å². The van der Waals surface area contributed by atoms with Crippen molar-refractivity contribution in [1.82, 2.24) is 24.6 Å². The van der Waals surface area contributed by atoms with Crippen LogP contribution in [0.1, 0.15) is 55.2 Å². The van der Waals surface area contributed by atoms with Crippen LogP contribution in [0.5, 0.6) is 0 Å². The number of pyridine rings is 1. The van der Waals surface area contributed by atoms with Crippen LogP contribution in [0.15, 0.2) is 18.3 Å². The summed E-state index contributed by atoms with van der Waals surface area (Å²) in [5.74, 6) is 3.37. The number of hydrogen-bond acceptors (Lipinski definition) is 6. The summed E-state index contributed by atoms with van der Waals surface area (Å²) in [5, 5.41) is 18.2. The zero-order chi connectivity index (χ0) is 18.6. The lowest BCUT2D eigenvalue weighted by Crippen LogP contribution is -2.36. The van der Waals surface area contributed by atoms with Crippen molar-refractivity contribution in [1.29, 1.82) is 5.26 Å². The normalized spacial score (nSPS) is 21.2. The van der Waals surface area contributed by atoms with E-state index in [0.29, 0.717) is 11.5 Å². The SMILES string of the molecule is Cn1c(CN2CCCCC2)nnc1[C@@H]1CCCN(c2cc(C#N)ccn2)C1. The Morgan fingerprint density at radius 3 is 2.81 bits per heavy atom. The molecule has 4 heterocycles. The first-order chi connectivity index (χ1) is 13.2. The Hall–Kier alpha value is -2.46. The largest absolute Gasteiger partial charge is 0.356 e. The summed E-state index contributed by atoms with van der Waals surface area (Å²) < 4.78 is 2.20. The molecule has 7 heteroatoms. The molecule has 0 aliphatic carbocycles. The average molecular weight is 365 g/mol. The van der Waals surface area contributed by atoms with Gasteiger partial charge in [-0.3, -0.25) is 4.90 Å². The molecule has 0 saturated carbocycles. The maximum atomic E-state index is 9.14. The van der Waals surface area contributed by atoms with E-state index in [1.807, 2.05) is 6.07 Å². The molecule has 27 heavy (non-hydrogen) atoms. The summed E-state index contributed by atoms with van der Waals surface area (Å²) >= 11 is 0. The fourth-order valence-electron chi connectivity index (χ4n) is 4.24. The number of piperidine rings is 2. The molecular weight excluding hydrogens is 338 g/mol. The lowest BCUT2D eigenvalue weighted by molar-refractivity contribution is 0.213. The van der Waals surface area contributed by atoms with Gasteiger partial charge in [-0.05, 0) is 50.9 Å². The third kappa shape index (κ3) is 3.96. The molecule has 2 aromatic rings. The molecule has 0 radical (unpaired) electrons. The lowest BCUT2D eigenvalue weighted by Gasteiger charge is -2.33. The van der Waals surface area contributed by atoms with Crippen molar-refractivity contribution >= 4 is 5.82 Å². The molecule has 0 aromatic carbocycles.